The number of amides is 2. The molecule has 9 nitrogen and oxygen atoms in total. The lowest BCUT2D eigenvalue weighted by molar-refractivity contribution is -0.145. The smallest absolute Gasteiger partial charge is 0.276 e. The first-order valence-corrected chi connectivity index (χ1v) is 9.89. The van der Waals surface area contributed by atoms with Crippen LogP contribution in [0.25, 0.3) is 0 Å². The number of hydrogen-bond acceptors (Lipinski definition) is 6. The number of hydrogen-bond donors (Lipinski definition) is 0. The maximum absolute atomic E-state index is 12.7. The Morgan fingerprint density at radius 3 is 2.14 bits per heavy atom. The molecule has 0 bridgehead atoms. The van der Waals surface area contributed by atoms with Crippen LogP contribution in [0, 0.1) is 0 Å². The van der Waals surface area contributed by atoms with Gasteiger partial charge in [-0.15, -0.1) is 5.10 Å². The Morgan fingerprint density at radius 2 is 1.55 bits per heavy atom. The van der Waals surface area contributed by atoms with E-state index in [4.69, 9.17) is 9.47 Å². The van der Waals surface area contributed by atoms with Crippen molar-refractivity contribution >= 4 is 11.8 Å². The highest BCUT2D eigenvalue weighted by Crippen LogP contribution is 2.11. The molecular formula is C20H27N5O4. The molecule has 0 aliphatic carbocycles. The lowest BCUT2D eigenvalue weighted by Crippen LogP contribution is -2.50. The minimum Gasteiger partial charge on any atom is -0.351 e. The van der Waals surface area contributed by atoms with Gasteiger partial charge in [0.2, 0.25) is 0 Å². The van der Waals surface area contributed by atoms with Crippen LogP contribution in [0.5, 0.6) is 0 Å². The van der Waals surface area contributed by atoms with Crippen molar-refractivity contribution in [1.82, 2.24) is 24.8 Å². The predicted octanol–water partition coefficient (Wildman–Crippen LogP) is 1.28. The van der Waals surface area contributed by atoms with Crippen LogP contribution >= 0.6 is 0 Å². The number of carbonyl (C=O) groups excluding carboxylic acids is 2. The minimum absolute atomic E-state index is 0.0125. The van der Waals surface area contributed by atoms with Crippen LogP contribution in [-0.2, 0) is 16.0 Å². The molecule has 3 rings (SSSR count). The Labute approximate surface area is 170 Å². The van der Waals surface area contributed by atoms with Crippen molar-refractivity contribution in [3.63, 3.8) is 0 Å². The third-order valence-corrected chi connectivity index (χ3v) is 4.67. The summed E-state index contributed by atoms with van der Waals surface area (Å²) >= 11 is 0. The second-order valence-electron chi connectivity index (χ2n) is 6.62. The summed E-state index contributed by atoms with van der Waals surface area (Å²) in [7, 11) is 0. The van der Waals surface area contributed by atoms with Gasteiger partial charge in [0.1, 0.15) is 0 Å². The molecule has 29 heavy (non-hydrogen) atoms. The fraction of sp³-hybridized carbons (Fsp3) is 0.500. The van der Waals surface area contributed by atoms with Gasteiger partial charge in [-0.2, -0.15) is 0 Å². The average molecular weight is 401 g/mol. The first kappa shape index (κ1) is 20.9. The Bertz CT molecular complexity index is 796. The summed E-state index contributed by atoms with van der Waals surface area (Å²) < 4.78 is 12.6. The topological polar surface area (TPSA) is 89.8 Å². The average Bonchev–Trinajstić information content (AvgIpc) is 3.22. The predicted molar refractivity (Wildman–Crippen MR) is 105 cm³/mol. The maximum atomic E-state index is 12.7. The molecular weight excluding hydrogens is 374 g/mol. The number of piperazine rings is 1. The highest BCUT2D eigenvalue weighted by Gasteiger charge is 2.27. The Kier molecular flexibility index (Phi) is 7.31. The summed E-state index contributed by atoms with van der Waals surface area (Å²) in [6.07, 6.45) is 1.18. The lowest BCUT2D eigenvalue weighted by Gasteiger charge is -2.34. The van der Waals surface area contributed by atoms with E-state index in [0.29, 0.717) is 51.5 Å². The number of carbonyl (C=O) groups is 2. The number of benzene rings is 1. The maximum Gasteiger partial charge on any atom is 0.276 e. The van der Waals surface area contributed by atoms with Crippen molar-refractivity contribution < 1.29 is 19.1 Å². The van der Waals surface area contributed by atoms with Crippen molar-refractivity contribution in [3.8, 4) is 0 Å². The fourth-order valence-electron chi connectivity index (χ4n) is 3.20. The number of nitrogens with zero attached hydrogens (tertiary/aromatic N) is 5. The van der Waals surface area contributed by atoms with Gasteiger partial charge in [0.15, 0.2) is 12.0 Å². The summed E-state index contributed by atoms with van der Waals surface area (Å²) in [4.78, 5) is 28.7. The summed E-state index contributed by atoms with van der Waals surface area (Å²) in [5.41, 5.74) is 0.938. The van der Waals surface area contributed by atoms with Crippen LogP contribution in [-0.4, -0.2) is 82.3 Å². The summed E-state index contributed by atoms with van der Waals surface area (Å²) in [6.45, 7) is 7.11. The van der Waals surface area contributed by atoms with Crippen LogP contribution in [0.15, 0.2) is 36.5 Å². The van der Waals surface area contributed by atoms with E-state index in [1.54, 1.807) is 32.8 Å². The normalized spacial score (nSPS) is 14.4. The van der Waals surface area contributed by atoms with E-state index in [1.165, 1.54) is 0 Å². The van der Waals surface area contributed by atoms with Gasteiger partial charge in [-0.05, 0) is 26.0 Å². The summed E-state index contributed by atoms with van der Waals surface area (Å²) in [5, 5.41) is 8.01. The van der Waals surface area contributed by atoms with Crippen LogP contribution in [0.3, 0.4) is 0 Å². The van der Waals surface area contributed by atoms with E-state index in [-0.39, 0.29) is 17.5 Å². The lowest BCUT2D eigenvalue weighted by atomic mass is 10.2. The first-order valence-electron chi connectivity index (χ1n) is 9.89. The van der Waals surface area contributed by atoms with Gasteiger partial charge in [0, 0.05) is 45.0 Å². The van der Waals surface area contributed by atoms with E-state index in [1.807, 2.05) is 32.0 Å². The molecule has 0 radical (unpaired) electrons. The number of aromatic nitrogens is 3. The van der Waals surface area contributed by atoms with Crippen LogP contribution in [0.1, 0.15) is 34.7 Å². The van der Waals surface area contributed by atoms with E-state index in [0.717, 1.165) is 0 Å². The molecule has 0 N–H and O–H groups in total. The molecule has 156 valence electrons. The molecule has 9 heteroatoms. The Hall–Kier alpha value is -2.78. The van der Waals surface area contributed by atoms with Crippen LogP contribution < -0.4 is 0 Å². The first-order chi connectivity index (χ1) is 14.1. The third kappa shape index (κ3) is 5.39. The quantitative estimate of drug-likeness (QED) is 0.619. The molecule has 2 heterocycles. The van der Waals surface area contributed by atoms with Gasteiger partial charge in [0.25, 0.3) is 11.8 Å². The zero-order valence-electron chi connectivity index (χ0n) is 16.9. The minimum atomic E-state index is -0.429. The molecule has 1 saturated heterocycles. The standard InChI is InChI=1S/C20H27N5O4/c1-3-28-18(29-4-2)15-25-14-17(21-22-25)20(27)24-12-10-23(11-13-24)19(26)16-8-6-5-7-9-16/h5-9,14,18H,3-4,10-13,15H2,1-2H3. The fourth-order valence-corrected chi connectivity index (χ4v) is 3.20. The van der Waals surface area contributed by atoms with E-state index < -0.39 is 6.29 Å². The number of rotatable bonds is 8. The molecule has 1 aliphatic heterocycles. The summed E-state index contributed by atoms with van der Waals surface area (Å²) in [6, 6.07) is 9.17. The highest BCUT2D eigenvalue weighted by atomic mass is 16.7. The van der Waals surface area contributed by atoms with Crippen molar-refractivity contribution in [2.75, 3.05) is 39.4 Å². The molecule has 1 aliphatic rings. The Morgan fingerprint density at radius 1 is 0.966 bits per heavy atom. The SMILES string of the molecule is CCOC(Cn1cc(C(=O)N2CCN(C(=O)c3ccccc3)CC2)nn1)OCC. The largest absolute Gasteiger partial charge is 0.351 e. The Balaban J connectivity index is 1.54. The monoisotopic (exact) mass is 401 g/mol. The van der Waals surface area contributed by atoms with Gasteiger partial charge >= 0.3 is 0 Å². The zero-order valence-corrected chi connectivity index (χ0v) is 16.9. The molecule has 0 unspecified atom stereocenters. The van der Waals surface area contributed by atoms with Gasteiger partial charge in [-0.3, -0.25) is 9.59 Å². The molecule has 0 saturated carbocycles. The van der Waals surface area contributed by atoms with Gasteiger partial charge in [0.05, 0.1) is 12.7 Å². The van der Waals surface area contributed by atoms with Gasteiger partial charge in [-0.25, -0.2) is 4.68 Å². The van der Waals surface area contributed by atoms with E-state index in [2.05, 4.69) is 10.3 Å². The molecule has 2 aromatic rings. The van der Waals surface area contributed by atoms with Crippen molar-refractivity contribution in [1.29, 1.82) is 0 Å². The van der Waals surface area contributed by atoms with Crippen molar-refractivity contribution in [2.45, 2.75) is 26.7 Å². The highest BCUT2D eigenvalue weighted by molar-refractivity contribution is 5.95. The zero-order chi connectivity index (χ0) is 20.6. The molecule has 1 aromatic carbocycles. The second kappa shape index (κ2) is 10.1. The molecule has 1 fully saturated rings. The van der Waals surface area contributed by atoms with Crippen LogP contribution in [0.4, 0.5) is 0 Å². The van der Waals surface area contributed by atoms with Crippen LogP contribution in [0.2, 0.25) is 0 Å². The van der Waals surface area contributed by atoms with E-state index >= 15 is 0 Å². The molecule has 1 aromatic heterocycles. The van der Waals surface area contributed by atoms with Gasteiger partial charge < -0.3 is 19.3 Å². The van der Waals surface area contributed by atoms with E-state index in [9.17, 15) is 9.59 Å². The molecule has 2 amide bonds. The summed E-state index contributed by atoms with van der Waals surface area (Å²) in [5.74, 6) is -0.200. The van der Waals surface area contributed by atoms with Gasteiger partial charge in [-0.1, -0.05) is 23.4 Å². The molecule has 0 atom stereocenters. The van der Waals surface area contributed by atoms with Crippen molar-refractivity contribution in [2.24, 2.45) is 0 Å². The second-order valence-corrected chi connectivity index (χ2v) is 6.62. The third-order valence-electron chi connectivity index (χ3n) is 4.67. The number of ether oxygens (including phenoxy) is 2. The molecule has 0 spiro atoms. The van der Waals surface area contributed by atoms with Crippen molar-refractivity contribution in [3.05, 3.63) is 47.8 Å².